The van der Waals surface area contributed by atoms with Gasteiger partial charge in [0.15, 0.2) is 5.76 Å². The maximum absolute atomic E-state index is 12.6. The number of carbonyl (C=O) groups is 1. The minimum atomic E-state index is -4.23. The van der Waals surface area contributed by atoms with Crippen LogP contribution in [0.1, 0.15) is 23.4 Å². The number of carbonyl (C=O) groups excluding carboxylic acids is 1. The molecule has 1 amide bonds. The summed E-state index contributed by atoms with van der Waals surface area (Å²) in [4.78, 5) is 11.4. The second kappa shape index (κ2) is 6.62. The SMILES string of the molecule is O=C(NS(=O)(=O)c1cccc(S(=O)(=O)N2CCCC2)c1)c1ccco1. The van der Waals surface area contributed by atoms with Gasteiger partial charge in [0.1, 0.15) is 0 Å². The molecule has 1 aromatic carbocycles. The Kier molecular flexibility index (Phi) is 4.67. The number of hydrogen-bond acceptors (Lipinski definition) is 6. The van der Waals surface area contributed by atoms with Crippen LogP contribution in [0.2, 0.25) is 0 Å². The second-order valence-corrected chi connectivity index (χ2v) is 9.12. The van der Waals surface area contributed by atoms with Gasteiger partial charge in [-0.1, -0.05) is 6.07 Å². The molecule has 0 spiro atoms. The Labute approximate surface area is 145 Å². The molecule has 0 aliphatic carbocycles. The van der Waals surface area contributed by atoms with E-state index >= 15 is 0 Å². The molecule has 2 aromatic rings. The van der Waals surface area contributed by atoms with Crippen LogP contribution in [0.3, 0.4) is 0 Å². The quantitative estimate of drug-likeness (QED) is 0.828. The molecule has 1 aromatic heterocycles. The van der Waals surface area contributed by atoms with Crippen molar-refractivity contribution in [2.45, 2.75) is 22.6 Å². The standard InChI is InChI=1S/C15H16N2O6S2/c18-15(14-7-4-10-23-14)16-24(19,20)12-5-3-6-13(11-12)25(21,22)17-8-1-2-9-17/h3-7,10-11H,1-2,8-9H2,(H,16,18). The van der Waals surface area contributed by atoms with E-state index in [0.29, 0.717) is 13.1 Å². The third kappa shape index (κ3) is 3.60. The van der Waals surface area contributed by atoms with Crippen molar-refractivity contribution in [2.24, 2.45) is 0 Å². The van der Waals surface area contributed by atoms with E-state index in [-0.39, 0.29) is 15.6 Å². The van der Waals surface area contributed by atoms with Crippen LogP contribution in [0.25, 0.3) is 0 Å². The number of benzene rings is 1. The van der Waals surface area contributed by atoms with Crippen LogP contribution in [0.4, 0.5) is 0 Å². The molecule has 0 unspecified atom stereocenters. The van der Waals surface area contributed by atoms with Crippen molar-refractivity contribution in [2.75, 3.05) is 13.1 Å². The molecule has 10 heteroatoms. The zero-order valence-electron chi connectivity index (χ0n) is 13.1. The minimum Gasteiger partial charge on any atom is -0.459 e. The van der Waals surface area contributed by atoms with Gasteiger partial charge in [0.05, 0.1) is 16.1 Å². The van der Waals surface area contributed by atoms with Gasteiger partial charge in [0, 0.05) is 13.1 Å². The predicted octanol–water partition coefficient (Wildman–Crippen LogP) is 1.18. The summed E-state index contributed by atoms with van der Waals surface area (Å²) in [5.41, 5.74) is 0. The maximum Gasteiger partial charge on any atom is 0.300 e. The molecule has 1 saturated heterocycles. The van der Waals surface area contributed by atoms with Gasteiger partial charge in [0.2, 0.25) is 10.0 Å². The van der Waals surface area contributed by atoms with E-state index in [1.54, 1.807) is 0 Å². The fourth-order valence-corrected chi connectivity index (χ4v) is 5.16. The van der Waals surface area contributed by atoms with Crippen LogP contribution < -0.4 is 4.72 Å². The Balaban J connectivity index is 1.89. The van der Waals surface area contributed by atoms with E-state index in [9.17, 15) is 21.6 Å². The highest BCUT2D eigenvalue weighted by Gasteiger charge is 2.29. The lowest BCUT2D eigenvalue weighted by atomic mass is 10.4. The molecule has 2 heterocycles. The zero-order valence-corrected chi connectivity index (χ0v) is 14.7. The Bertz CT molecular complexity index is 975. The van der Waals surface area contributed by atoms with Gasteiger partial charge >= 0.3 is 5.91 Å². The van der Waals surface area contributed by atoms with Crippen LogP contribution in [0.5, 0.6) is 0 Å². The normalized spacial score (nSPS) is 16.0. The summed E-state index contributed by atoms with van der Waals surface area (Å²) in [7, 11) is -7.99. The lowest BCUT2D eigenvalue weighted by Gasteiger charge is -2.16. The van der Waals surface area contributed by atoms with Crippen LogP contribution in [0.15, 0.2) is 56.9 Å². The molecular weight excluding hydrogens is 368 g/mol. The average Bonchev–Trinajstić information content (AvgIpc) is 3.28. The minimum absolute atomic E-state index is 0.122. The molecule has 1 fully saturated rings. The Morgan fingerprint density at radius 1 is 1.00 bits per heavy atom. The topological polar surface area (TPSA) is 114 Å². The lowest BCUT2D eigenvalue weighted by molar-refractivity contribution is 0.0954. The fourth-order valence-electron chi connectivity index (χ4n) is 2.52. The van der Waals surface area contributed by atoms with Crippen molar-refractivity contribution in [3.8, 4) is 0 Å². The third-order valence-corrected chi connectivity index (χ3v) is 7.01. The van der Waals surface area contributed by atoms with Crippen molar-refractivity contribution >= 4 is 26.0 Å². The number of amides is 1. The van der Waals surface area contributed by atoms with E-state index in [0.717, 1.165) is 18.9 Å². The number of nitrogens with one attached hydrogen (secondary N) is 1. The first-order chi connectivity index (χ1) is 11.8. The highest BCUT2D eigenvalue weighted by molar-refractivity contribution is 7.90. The fraction of sp³-hybridized carbons (Fsp3) is 0.267. The summed E-state index contributed by atoms with van der Waals surface area (Å²) >= 11 is 0. The molecule has 0 saturated carbocycles. The van der Waals surface area contributed by atoms with Crippen molar-refractivity contribution < 1.29 is 26.0 Å². The molecular formula is C15H16N2O6S2. The van der Waals surface area contributed by atoms with E-state index in [4.69, 9.17) is 4.42 Å². The summed E-state index contributed by atoms with van der Waals surface area (Å²) in [6.07, 6.45) is 2.79. The number of sulfonamides is 2. The molecule has 3 rings (SSSR count). The molecule has 1 N–H and O–H groups in total. The van der Waals surface area contributed by atoms with Gasteiger partial charge < -0.3 is 4.42 Å². The van der Waals surface area contributed by atoms with Crippen LogP contribution in [-0.2, 0) is 20.0 Å². The first-order valence-corrected chi connectivity index (χ1v) is 10.4. The average molecular weight is 384 g/mol. The van der Waals surface area contributed by atoms with Crippen LogP contribution >= 0.6 is 0 Å². The monoisotopic (exact) mass is 384 g/mol. The van der Waals surface area contributed by atoms with Crippen molar-refractivity contribution in [3.63, 3.8) is 0 Å². The van der Waals surface area contributed by atoms with Crippen LogP contribution in [0, 0.1) is 0 Å². The molecule has 0 bridgehead atoms. The Morgan fingerprint density at radius 2 is 1.68 bits per heavy atom. The van der Waals surface area contributed by atoms with E-state index in [1.807, 2.05) is 4.72 Å². The Hall–Kier alpha value is -2.17. The summed E-state index contributed by atoms with van der Waals surface area (Å²) in [5, 5.41) is 0. The van der Waals surface area contributed by atoms with Gasteiger partial charge in [-0.3, -0.25) is 4.79 Å². The molecule has 0 radical (unpaired) electrons. The van der Waals surface area contributed by atoms with Gasteiger partial charge in [-0.15, -0.1) is 0 Å². The highest BCUT2D eigenvalue weighted by Crippen LogP contribution is 2.23. The number of rotatable bonds is 5. The number of furan rings is 1. The molecule has 1 aliphatic rings. The molecule has 25 heavy (non-hydrogen) atoms. The van der Waals surface area contributed by atoms with Crippen molar-refractivity contribution in [3.05, 3.63) is 48.4 Å². The largest absolute Gasteiger partial charge is 0.459 e. The number of hydrogen-bond donors (Lipinski definition) is 1. The molecule has 134 valence electrons. The smallest absolute Gasteiger partial charge is 0.300 e. The van der Waals surface area contributed by atoms with Gasteiger partial charge in [-0.25, -0.2) is 21.6 Å². The van der Waals surface area contributed by atoms with Gasteiger partial charge in [-0.05, 0) is 43.2 Å². The number of nitrogens with zero attached hydrogens (tertiary/aromatic N) is 1. The van der Waals surface area contributed by atoms with Crippen LogP contribution in [-0.4, -0.2) is 40.1 Å². The van der Waals surface area contributed by atoms with E-state index < -0.39 is 26.0 Å². The van der Waals surface area contributed by atoms with Crippen molar-refractivity contribution in [1.29, 1.82) is 0 Å². The van der Waals surface area contributed by atoms with Gasteiger partial charge in [0.25, 0.3) is 10.0 Å². The molecule has 1 aliphatic heterocycles. The predicted molar refractivity (Wildman–Crippen MR) is 87.8 cm³/mol. The maximum atomic E-state index is 12.6. The first-order valence-electron chi connectivity index (χ1n) is 7.51. The van der Waals surface area contributed by atoms with E-state index in [1.165, 1.54) is 40.9 Å². The molecule has 0 atom stereocenters. The van der Waals surface area contributed by atoms with Crippen molar-refractivity contribution in [1.82, 2.24) is 9.03 Å². The van der Waals surface area contributed by atoms with E-state index in [2.05, 4.69) is 0 Å². The summed E-state index contributed by atoms with van der Waals surface area (Å²) < 4.78 is 57.8. The highest BCUT2D eigenvalue weighted by atomic mass is 32.2. The third-order valence-electron chi connectivity index (χ3n) is 3.79. The summed E-state index contributed by atoms with van der Waals surface area (Å²) in [6.45, 7) is 0.823. The second-order valence-electron chi connectivity index (χ2n) is 5.50. The molecule has 8 nitrogen and oxygen atoms in total. The van der Waals surface area contributed by atoms with Gasteiger partial charge in [-0.2, -0.15) is 4.31 Å². The summed E-state index contributed by atoms with van der Waals surface area (Å²) in [5.74, 6) is -1.10. The lowest BCUT2D eigenvalue weighted by Crippen LogP contribution is -2.31. The first kappa shape index (κ1) is 17.6. The Morgan fingerprint density at radius 3 is 2.32 bits per heavy atom. The zero-order chi connectivity index (χ0) is 18.1. The summed E-state index contributed by atoms with van der Waals surface area (Å²) in [6, 6.07) is 7.70.